The largest absolute Gasteiger partial charge is 0.486 e. The highest BCUT2D eigenvalue weighted by Crippen LogP contribution is 2.34. The number of nitrogens with two attached hydrogens (primary N) is 1. The first-order chi connectivity index (χ1) is 12.5. The molecule has 3 rings (SSSR count). The Bertz CT molecular complexity index is 759. The van der Waals surface area contributed by atoms with Crippen LogP contribution in [-0.2, 0) is 16.6 Å². The summed E-state index contributed by atoms with van der Waals surface area (Å²) in [6, 6.07) is 15.2. The van der Waals surface area contributed by atoms with E-state index in [9.17, 15) is 4.79 Å². The van der Waals surface area contributed by atoms with Gasteiger partial charge in [-0.15, -0.1) is 0 Å². The van der Waals surface area contributed by atoms with Crippen molar-refractivity contribution < 1.29 is 14.3 Å². The Morgan fingerprint density at radius 2 is 1.81 bits per heavy atom. The maximum Gasteiger partial charge on any atom is 0.237 e. The maximum absolute atomic E-state index is 12.4. The number of ether oxygens (including phenoxy) is 2. The van der Waals surface area contributed by atoms with Gasteiger partial charge in [-0.3, -0.25) is 4.79 Å². The Morgan fingerprint density at radius 1 is 1.12 bits per heavy atom. The van der Waals surface area contributed by atoms with E-state index >= 15 is 0 Å². The van der Waals surface area contributed by atoms with Crippen LogP contribution in [0.15, 0.2) is 48.5 Å². The van der Waals surface area contributed by atoms with Crippen LogP contribution < -0.4 is 20.5 Å². The molecule has 0 saturated heterocycles. The van der Waals surface area contributed by atoms with E-state index < -0.39 is 6.04 Å². The Labute approximate surface area is 154 Å². The maximum atomic E-state index is 12.4. The van der Waals surface area contributed by atoms with Crippen molar-refractivity contribution in [1.82, 2.24) is 5.32 Å². The third kappa shape index (κ3) is 4.35. The molecule has 0 unspecified atom stereocenters. The van der Waals surface area contributed by atoms with Gasteiger partial charge in [0, 0.05) is 12.0 Å². The van der Waals surface area contributed by atoms with Crippen LogP contribution in [0.3, 0.4) is 0 Å². The van der Waals surface area contributed by atoms with E-state index in [1.165, 1.54) is 0 Å². The minimum Gasteiger partial charge on any atom is -0.486 e. The van der Waals surface area contributed by atoms with Crippen molar-refractivity contribution in [3.05, 3.63) is 59.7 Å². The molecule has 138 valence electrons. The zero-order chi connectivity index (χ0) is 18.6. The molecule has 0 radical (unpaired) electrons. The number of rotatable bonds is 6. The molecule has 1 amide bonds. The van der Waals surface area contributed by atoms with Crippen molar-refractivity contribution in [3.8, 4) is 11.5 Å². The molecule has 0 aromatic heterocycles. The van der Waals surface area contributed by atoms with Gasteiger partial charge in [-0.25, -0.2) is 0 Å². The van der Waals surface area contributed by atoms with Crippen LogP contribution >= 0.6 is 0 Å². The number of amides is 1. The number of hydrogen-bond donors (Lipinski definition) is 2. The third-order valence-electron chi connectivity index (χ3n) is 4.66. The van der Waals surface area contributed by atoms with Gasteiger partial charge >= 0.3 is 0 Å². The van der Waals surface area contributed by atoms with Gasteiger partial charge in [-0.2, -0.15) is 0 Å². The average molecular weight is 354 g/mol. The molecular formula is C21H26N2O3. The molecule has 1 heterocycles. The lowest BCUT2D eigenvalue weighted by Crippen LogP contribution is -2.46. The minimum atomic E-state index is -0.562. The molecule has 26 heavy (non-hydrogen) atoms. The van der Waals surface area contributed by atoms with Gasteiger partial charge in [0.1, 0.15) is 13.2 Å². The topological polar surface area (TPSA) is 73.6 Å². The first-order valence-electron chi connectivity index (χ1n) is 8.93. The zero-order valence-corrected chi connectivity index (χ0v) is 15.3. The molecule has 3 N–H and O–H groups in total. The lowest BCUT2D eigenvalue weighted by molar-refractivity contribution is -0.122. The quantitative estimate of drug-likeness (QED) is 0.836. The average Bonchev–Trinajstić information content (AvgIpc) is 2.66. The standard InChI is InChI=1S/C21H26N2O3/c1-21(2,16-8-9-18-19(13-16)26-11-10-25-18)14-23-20(24)17(22)12-15-6-4-3-5-7-15/h3-9,13,17H,10-12,14,22H2,1-2H3,(H,23,24)/t17-/m0/s1. The zero-order valence-electron chi connectivity index (χ0n) is 15.3. The summed E-state index contributed by atoms with van der Waals surface area (Å²) >= 11 is 0. The van der Waals surface area contributed by atoms with Crippen LogP contribution in [0.25, 0.3) is 0 Å². The van der Waals surface area contributed by atoms with Crippen LogP contribution in [0.2, 0.25) is 0 Å². The fraction of sp³-hybridized carbons (Fsp3) is 0.381. The molecule has 5 heteroatoms. The third-order valence-corrected chi connectivity index (χ3v) is 4.66. The van der Waals surface area contributed by atoms with E-state index in [1.54, 1.807) is 0 Å². The molecule has 0 bridgehead atoms. The molecule has 1 aliphatic rings. The first-order valence-corrected chi connectivity index (χ1v) is 8.93. The van der Waals surface area contributed by atoms with Gasteiger partial charge in [0.15, 0.2) is 11.5 Å². The van der Waals surface area contributed by atoms with Crippen LogP contribution in [0.4, 0.5) is 0 Å². The fourth-order valence-electron chi connectivity index (χ4n) is 2.97. The molecule has 0 fully saturated rings. The molecular weight excluding hydrogens is 328 g/mol. The molecule has 5 nitrogen and oxygen atoms in total. The summed E-state index contributed by atoms with van der Waals surface area (Å²) in [4.78, 5) is 12.4. The second-order valence-electron chi connectivity index (χ2n) is 7.26. The Kier molecular flexibility index (Phi) is 5.47. The monoisotopic (exact) mass is 354 g/mol. The summed E-state index contributed by atoms with van der Waals surface area (Å²) in [5.41, 5.74) is 7.95. The second kappa shape index (κ2) is 7.79. The smallest absolute Gasteiger partial charge is 0.237 e. The SMILES string of the molecule is CC(C)(CNC(=O)[C@@H](N)Cc1ccccc1)c1ccc2c(c1)OCCO2. The van der Waals surface area contributed by atoms with E-state index in [0.717, 1.165) is 22.6 Å². The molecule has 1 atom stereocenters. The number of hydrogen-bond acceptors (Lipinski definition) is 4. The summed E-state index contributed by atoms with van der Waals surface area (Å²) in [7, 11) is 0. The predicted molar refractivity (Wildman–Crippen MR) is 102 cm³/mol. The second-order valence-corrected chi connectivity index (χ2v) is 7.26. The Balaban J connectivity index is 1.59. The predicted octanol–water partition coefficient (Wildman–Crippen LogP) is 2.42. The van der Waals surface area contributed by atoms with Gasteiger partial charge in [0.2, 0.25) is 5.91 Å². The number of carbonyl (C=O) groups excluding carboxylic acids is 1. The highest BCUT2D eigenvalue weighted by atomic mass is 16.6. The fourth-order valence-corrected chi connectivity index (χ4v) is 2.97. The molecule has 0 saturated carbocycles. The Morgan fingerprint density at radius 3 is 2.54 bits per heavy atom. The summed E-state index contributed by atoms with van der Waals surface area (Å²) in [5, 5.41) is 2.99. The van der Waals surface area contributed by atoms with Gasteiger partial charge in [0.05, 0.1) is 6.04 Å². The van der Waals surface area contributed by atoms with Crippen LogP contribution in [0.1, 0.15) is 25.0 Å². The molecule has 0 aliphatic carbocycles. The van der Waals surface area contributed by atoms with Gasteiger partial charge in [0.25, 0.3) is 0 Å². The Hall–Kier alpha value is -2.53. The summed E-state index contributed by atoms with van der Waals surface area (Å²) in [6.07, 6.45) is 0.525. The highest BCUT2D eigenvalue weighted by molar-refractivity contribution is 5.81. The highest BCUT2D eigenvalue weighted by Gasteiger charge is 2.25. The number of nitrogens with one attached hydrogen (secondary N) is 1. The van der Waals surface area contributed by atoms with Gasteiger partial charge in [-0.05, 0) is 29.7 Å². The lowest BCUT2D eigenvalue weighted by Gasteiger charge is -2.28. The van der Waals surface area contributed by atoms with Crippen molar-refractivity contribution in [3.63, 3.8) is 0 Å². The first kappa shape index (κ1) is 18.3. The molecule has 1 aliphatic heterocycles. The van der Waals surface area contributed by atoms with E-state index in [-0.39, 0.29) is 11.3 Å². The summed E-state index contributed by atoms with van der Waals surface area (Å²) < 4.78 is 11.2. The van der Waals surface area contributed by atoms with E-state index in [2.05, 4.69) is 19.2 Å². The van der Waals surface area contributed by atoms with Gasteiger partial charge < -0.3 is 20.5 Å². The molecule has 0 spiro atoms. The van der Waals surface area contributed by atoms with Crippen molar-refractivity contribution in [2.24, 2.45) is 5.73 Å². The van der Waals surface area contributed by atoms with E-state index in [0.29, 0.717) is 26.2 Å². The van der Waals surface area contributed by atoms with Gasteiger partial charge in [-0.1, -0.05) is 50.2 Å². The summed E-state index contributed by atoms with van der Waals surface area (Å²) in [6.45, 7) is 5.80. The minimum absolute atomic E-state index is 0.139. The number of carbonyl (C=O) groups is 1. The number of fused-ring (bicyclic) bond motifs is 1. The van der Waals surface area contributed by atoms with E-state index in [1.807, 2.05) is 48.5 Å². The summed E-state index contributed by atoms with van der Waals surface area (Å²) in [5.74, 6) is 1.39. The van der Waals surface area contributed by atoms with Crippen molar-refractivity contribution in [1.29, 1.82) is 0 Å². The van der Waals surface area contributed by atoms with Crippen LogP contribution in [0.5, 0.6) is 11.5 Å². The molecule has 2 aromatic rings. The van der Waals surface area contributed by atoms with Crippen LogP contribution in [-0.4, -0.2) is 31.7 Å². The van der Waals surface area contributed by atoms with Crippen molar-refractivity contribution in [2.75, 3.05) is 19.8 Å². The normalized spacial score (nSPS) is 14.6. The molecule has 2 aromatic carbocycles. The van der Waals surface area contributed by atoms with Crippen LogP contribution in [0, 0.1) is 0 Å². The van der Waals surface area contributed by atoms with Crippen molar-refractivity contribution in [2.45, 2.75) is 31.7 Å². The van der Waals surface area contributed by atoms with Crippen molar-refractivity contribution >= 4 is 5.91 Å². The lowest BCUT2D eigenvalue weighted by atomic mass is 9.84. The van der Waals surface area contributed by atoms with E-state index in [4.69, 9.17) is 15.2 Å². The number of benzene rings is 2.